The molecule has 1 aromatic rings. The highest BCUT2D eigenvalue weighted by atomic mass is 16.6. The molecular weight excluding hydrogens is 316 g/mol. The summed E-state index contributed by atoms with van der Waals surface area (Å²) in [7, 11) is 0. The minimum absolute atomic E-state index is 0.0987. The zero-order valence-electron chi connectivity index (χ0n) is 13.8. The number of carbonyl (C=O) groups is 2. The van der Waals surface area contributed by atoms with Crippen LogP contribution in [0, 0.1) is 16.0 Å². The van der Waals surface area contributed by atoms with Gasteiger partial charge in [-0.3, -0.25) is 24.4 Å². The number of rotatable bonds is 6. The van der Waals surface area contributed by atoms with Gasteiger partial charge in [0.1, 0.15) is 17.9 Å². The zero-order chi connectivity index (χ0) is 17.9. The molecule has 1 N–H and O–H groups in total. The summed E-state index contributed by atoms with van der Waals surface area (Å²) >= 11 is 0. The number of carboxylic acid groups (broad SMARTS) is 1. The molecule has 0 spiro atoms. The van der Waals surface area contributed by atoms with Crippen LogP contribution < -0.4 is 0 Å². The van der Waals surface area contributed by atoms with Crippen LogP contribution in [-0.2, 0) is 15.1 Å². The predicted molar refractivity (Wildman–Crippen MR) is 84.4 cm³/mol. The standard InChI is InChI=1S/C15H22N4O5/c1-15(2,18-10-12(8-16-18)19(23)24)14(22)17-7-3-4-11(9-17)5-6-13(20)21/h8,10-11H,3-7,9H2,1-2H3,(H,20,21). The summed E-state index contributed by atoms with van der Waals surface area (Å²) in [6, 6.07) is 0. The first-order valence-corrected chi connectivity index (χ1v) is 7.92. The van der Waals surface area contributed by atoms with E-state index in [2.05, 4.69) is 5.10 Å². The van der Waals surface area contributed by atoms with E-state index in [1.54, 1.807) is 18.7 Å². The van der Waals surface area contributed by atoms with Crippen molar-refractivity contribution in [2.75, 3.05) is 13.1 Å². The number of nitrogens with zero attached hydrogens (tertiary/aromatic N) is 4. The van der Waals surface area contributed by atoms with Gasteiger partial charge in [0.05, 0.1) is 4.92 Å². The number of aromatic nitrogens is 2. The highest BCUT2D eigenvalue weighted by Gasteiger charge is 2.37. The molecule has 1 aliphatic rings. The van der Waals surface area contributed by atoms with Crippen molar-refractivity contribution in [3.63, 3.8) is 0 Å². The van der Waals surface area contributed by atoms with Crippen LogP contribution in [0.1, 0.15) is 39.5 Å². The molecule has 1 aromatic heterocycles. The van der Waals surface area contributed by atoms with E-state index in [1.807, 2.05) is 0 Å². The van der Waals surface area contributed by atoms with Gasteiger partial charge in [0.15, 0.2) is 0 Å². The first kappa shape index (κ1) is 17.9. The molecule has 9 heteroatoms. The molecule has 0 radical (unpaired) electrons. The van der Waals surface area contributed by atoms with Gasteiger partial charge in [-0.1, -0.05) is 0 Å². The maximum Gasteiger partial charge on any atom is 0.307 e. The Bertz CT molecular complexity index is 640. The second kappa shape index (κ2) is 6.98. The molecule has 1 unspecified atom stereocenters. The minimum Gasteiger partial charge on any atom is -0.481 e. The Morgan fingerprint density at radius 3 is 2.79 bits per heavy atom. The first-order valence-electron chi connectivity index (χ1n) is 7.92. The molecule has 9 nitrogen and oxygen atoms in total. The summed E-state index contributed by atoms with van der Waals surface area (Å²) in [6.07, 6.45) is 4.76. The second-order valence-corrected chi connectivity index (χ2v) is 6.65. The van der Waals surface area contributed by atoms with Crippen LogP contribution >= 0.6 is 0 Å². The number of carboxylic acids is 1. The van der Waals surface area contributed by atoms with Crippen LogP contribution in [0.15, 0.2) is 12.4 Å². The lowest BCUT2D eigenvalue weighted by atomic mass is 9.92. The normalized spacial score (nSPS) is 18.4. The molecule has 1 aliphatic heterocycles. The Balaban J connectivity index is 2.07. The fourth-order valence-electron chi connectivity index (χ4n) is 3.01. The van der Waals surface area contributed by atoms with Gasteiger partial charge in [-0.15, -0.1) is 0 Å². The fourth-order valence-corrected chi connectivity index (χ4v) is 3.01. The van der Waals surface area contributed by atoms with Crippen LogP contribution in [0.3, 0.4) is 0 Å². The first-order chi connectivity index (χ1) is 11.2. The average molecular weight is 338 g/mol. The Morgan fingerprint density at radius 2 is 2.21 bits per heavy atom. The number of aliphatic carboxylic acids is 1. The number of carbonyl (C=O) groups excluding carboxylic acids is 1. The van der Waals surface area contributed by atoms with Gasteiger partial charge in [-0.2, -0.15) is 5.10 Å². The molecule has 2 heterocycles. The van der Waals surface area contributed by atoms with Gasteiger partial charge in [0.2, 0.25) is 5.91 Å². The van der Waals surface area contributed by atoms with E-state index in [9.17, 15) is 19.7 Å². The molecule has 1 saturated heterocycles. The van der Waals surface area contributed by atoms with Crippen LogP contribution in [0.4, 0.5) is 5.69 Å². The number of hydrogen-bond donors (Lipinski definition) is 1. The van der Waals surface area contributed by atoms with E-state index in [0.717, 1.165) is 19.0 Å². The highest BCUT2D eigenvalue weighted by Crippen LogP contribution is 2.26. The van der Waals surface area contributed by atoms with Gasteiger partial charge in [-0.05, 0) is 39.0 Å². The van der Waals surface area contributed by atoms with Gasteiger partial charge in [0.25, 0.3) is 0 Å². The second-order valence-electron chi connectivity index (χ2n) is 6.65. The molecule has 1 atom stereocenters. The fraction of sp³-hybridized carbons (Fsp3) is 0.667. The lowest BCUT2D eigenvalue weighted by molar-refractivity contribution is -0.385. The summed E-state index contributed by atoms with van der Waals surface area (Å²) in [6.45, 7) is 4.47. The van der Waals surface area contributed by atoms with Crippen molar-refractivity contribution >= 4 is 17.6 Å². The highest BCUT2D eigenvalue weighted by molar-refractivity contribution is 5.83. The smallest absolute Gasteiger partial charge is 0.307 e. The van der Waals surface area contributed by atoms with Crippen LogP contribution in [0.2, 0.25) is 0 Å². The molecule has 0 aromatic carbocycles. The topological polar surface area (TPSA) is 119 Å². The average Bonchev–Trinajstić information content (AvgIpc) is 3.03. The molecule has 132 valence electrons. The number of likely N-dealkylation sites (tertiary alicyclic amines) is 1. The van der Waals surface area contributed by atoms with Crippen molar-refractivity contribution in [2.24, 2.45) is 5.92 Å². The summed E-state index contributed by atoms with van der Waals surface area (Å²) in [4.78, 5) is 35.5. The van der Waals surface area contributed by atoms with Crippen molar-refractivity contribution in [3.8, 4) is 0 Å². The summed E-state index contributed by atoms with van der Waals surface area (Å²) < 4.78 is 1.31. The van der Waals surface area contributed by atoms with E-state index in [0.29, 0.717) is 19.5 Å². The summed E-state index contributed by atoms with van der Waals surface area (Å²) in [5.74, 6) is -0.829. The van der Waals surface area contributed by atoms with Crippen molar-refractivity contribution in [1.29, 1.82) is 0 Å². The molecule has 0 saturated carbocycles. The van der Waals surface area contributed by atoms with Crippen molar-refractivity contribution < 1.29 is 19.6 Å². The number of amides is 1. The number of nitro groups is 1. The van der Waals surface area contributed by atoms with Crippen molar-refractivity contribution in [2.45, 2.75) is 45.1 Å². The maximum absolute atomic E-state index is 12.9. The van der Waals surface area contributed by atoms with E-state index in [4.69, 9.17) is 5.11 Å². The predicted octanol–water partition coefficient (Wildman–Crippen LogP) is 1.63. The molecule has 24 heavy (non-hydrogen) atoms. The van der Waals surface area contributed by atoms with E-state index in [-0.39, 0.29) is 23.9 Å². The quantitative estimate of drug-likeness (QED) is 0.622. The minimum atomic E-state index is -1.04. The van der Waals surface area contributed by atoms with Gasteiger partial charge < -0.3 is 10.0 Å². The van der Waals surface area contributed by atoms with E-state index in [1.165, 1.54) is 10.9 Å². The molecule has 2 rings (SSSR count). The molecule has 0 bridgehead atoms. The Labute approximate surface area is 139 Å². The largest absolute Gasteiger partial charge is 0.481 e. The van der Waals surface area contributed by atoms with Gasteiger partial charge in [0, 0.05) is 19.5 Å². The maximum atomic E-state index is 12.9. The lowest BCUT2D eigenvalue weighted by Crippen LogP contribution is -2.50. The zero-order valence-corrected chi connectivity index (χ0v) is 13.8. The van der Waals surface area contributed by atoms with Crippen LogP contribution in [0.5, 0.6) is 0 Å². The Hall–Kier alpha value is -2.45. The number of piperidine rings is 1. The SMILES string of the molecule is CC(C)(C(=O)N1CCCC(CCC(=O)O)C1)n1cc([N+](=O)[O-])cn1. The monoisotopic (exact) mass is 338 g/mol. The number of hydrogen-bond acceptors (Lipinski definition) is 5. The summed E-state index contributed by atoms with van der Waals surface area (Å²) in [5.41, 5.74) is -1.20. The third-order valence-electron chi connectivity index (χ3n) is 4.45. The van der Waals surface area contributed by atoms with Gasteiger partial charge in [-0.25, -0.2) is 0 Å². The van der Waals surface area contributed by atoms with Crippen molar-refractivity contribution in [3.05, 3.63) is 22.5 Å². The molecule has 0 aliphatic carbocycles. The van der Waals surface area contributed by atoms with E-state index < -0.39 is 16.4 Å². The van der Waals surface area contributed by atoms with Crippen LogP contribution in [-0.4, -0.2) is 49.7 Å². The molecule has 1 amide bonds. The molecular formula is C15H22N4O5. The molecule has 1 fully saturated rings. The summed E-state index contributed by atoms with van der Waals surface area (Å²) in [5, 5.41) is 23.5. The van der Waals surface area contributed by atoms with Crippen molar-refractivity contribution in [1.82, 2.24) is 14.7 Å². The Kier molecular flexibility index (Phi) is 5.20. The Morgan fingerprint density at radius 1 is 1.50 bits per heavy atom. The van der Waals surface area contributed by atoms with Crippen LogP contribution in [0.25, 0.3) is 0 Å². The van der Waals surface area contributed by atoms with E-state index >= 15 is 0 Å². The third-order valence-corrected chi connectivity index (χ3v) is 4.45. The third kappa shape index (κ3) is 3.90. The van der Waals surface area contributed by atoms with Gasteiger partial charge >= 0.3 is 11.7 Å². The lowest BCUT2D eigenvalue weighted by Gasteiger charge is -2.37.